The van der Waals surface area contributed by atoms with Crippen molar-refractivity contribution in [2.24, 2.45) is 17.0 Å². The molecule has 7 nitrogen and oxygen atoms in total. The van der Waals surface area contributed by atoms with Gasteiger partial charge in [0, 0.05) is 26.2 Å². The molecule has 0 saturated carbocycles. The average molecular weight is 390 g/mol. The van der Waals surface area contributed by atoms with Crippen LogP contribution < -0.4 is 5.14 Å². The van der Waals surface area contributed by atoms with Crippen molar-refractivity contribution in [1.29, 1.82) is 0 Å². The number of hydrogen-bond donors (Lipinski definition) is 1. The van der Waals surface area contributed by atoms with Crippen molar-refractivity contribution in [1.82, 2.24) is 8.61 Å². The molecule has 1 aromatic carbocycles. The van der Waals surface area contributed by atoms with Crippen LogP contribution in [-0.4, -0.2) is 45.6 Å². The number of primary sulfonamides is 1. The van der Waals surface area contributed by atoms with E-state index < -0.39 is 26.3 Å². The molecule has 142 valence electrons. The maximum atomic E-state index is 13.0. The van der Waals surface area contributed by atoms with E-state index >= 15 is 0 Å². The Bertz CT molecular complexity index is 796. The molecule has 0 amide bonds. The number of nitrogens with zero attached hydrogens (tertiary/aromatic N) is 2. The second kappa shape index (κ2) is 7.32. The lowest BCUT2D eigenvalue weighted by atomic mass is 9.94. The molecule has 0 spiro atoms. The summed E-state index contributed by atoms with van der Waals surface area (Å²) in [6, 6.07) is 5.56. The monoisotopic (exact) mass is 389 g/mol. The molecule has 1 aromatic rings. The van der Waals surface area contributed by atoms with Crippen LogP contribution in [0.25, 0.3) is 0 Å². The second-order valence-corrected chi connectivity index (χ2v) is 10.6. The fourth-order valence-electron chi connectivity index (χ4n) is 3.32. The summed E-state index contributed by atoms with van der Waals surface area (Å²) in [6.07, 6.45) is 1.03. The fraction of sp³-hybridized carbons (Fsp3) is 0.625. The summed E-state index contributed by atoms with van der Waals surface area (Å²) in [5, 5.41) is 5.09. The molecule has 2 rings (SSSR count). The van der Waals surface area contributed by atoms with Gasteiger partial charge < -0.3 is 0 Å². The van der Waals surface area contributed by atoms with Crippen LogP contribution in [0.15, 0.2) is 29.2 Å². The van der Waals surface area contributed by atoms with Gasteiger partial charge in [-0.25, -0.2) is 13.6 Å². The minimum Gasteiger partial charge on any atom is -0.225 e. The highest BCUT2D eigenvalue weighted by atomic mass is 32.2. The van der Waals surface area contributed by atoms with Crippen LogP contribution in [0.4, 0.5) is 0 Å². The molecule has 1 heterocycles. The van der Waals surface area contributed by atoms with E-state index in [1.807, 2.05) is 0 Å². The average Bonchev–Trinajstić information content (AvgIpc) is 2.51. The van der Waals surface area contributed by atoms with E-state index in [9.17, 15) is 16.8 Å². The first-order valence-electron chi connectivity index (χ1n) is 8.28. The number of rotatable bonds is 5. The first kappa shape index (κ1) is 20.3. The minimum atomic E-state index is -3.76. The predicted octanol–water partition coefficient (Wildman–Crippen LogP) is 1.55. The molecule has 0 aliphatic carbocycles. The molecule has 0 bridgehead atoms. The van der Waals surface area contributed by atoms with E-state index in [4.69, 9.17) is 5.14 Å². The lowest BCUT2D eigenvalue weighted by Crippen LogP contribution is -2.48. The maximum absolute atomic E-state index is 13.0. The lowest BCUT2D eigenvalue weighted by molar-refractivity contribution is 0.207. The normalized spacial score (nSPS) is 24.4. The summed E-state index contributed by atoms with van der Waals surface area (Å²) in [6.45, 7) is 6.95. The smallest absolute Gasteiger partial charge is 0.225 e. The van der Waals surface area contributed by atoms with Gasteiger partial charge in [0.05, 0.1) is 4.90 Å². The summed E-state index contributed by atoms with van der Waals surface area (Å²) >= 11 is 0. The van der Waals surface area contributed by atoms with Gasteiger partial charge in [-0.2, -0.15) is 17.0 Å². The standard InChI is InChI=1S/C16H27N3O4S2/c1-12-9-13(2)11-19(10-12)25(22,23)18(4)14(3)15-5-7-16(8-6-15)24(17,20)21/h5-8,12-14H,9-11H2,1-4H3,(H2,17,20,21)/t12-,13-,14-/m1/s1. The molecule has 0 unspecified atom stereocenters. The number of nitrogens with two attached hydrogens (primary N) is 1. The van der Waals surface area contributed by atoms with Crippen molar-refractivity contribution in [3.63, 3.8) is 0 Å². The summed E-state index contributed by atoms with van der Waals surface area (Å²) in [5.41, 5.74) is 0.705. The van der Waals surface area contributed by atoms with Gasteiger partial charge in [0.2, 0.25) is 10.0 Å². The molecule has 0 aromatic heterocycles. The van der Waals surface area contributed by atoms with Crippen molar-refractivity contribution in [3.8, 4) is 0 Å². The van der Waals surface area contributed by atoms with Gasteiger partial charge in [0.1, 0.15) is 0 Å². The van der Waals surface area contributed by atoms with E-state index in [1.165, 1.54) is 16.4 Å². The predicted molar refractivity (Wildman–Crippen MR) is 97.4 cm³/mol. The molecule has 1 saturated heterocycles. The summed E-state index contributed by atoms with van der Waals surface area (Å²) in [4.78, 5) is 0.00707. The van der Waals surface area contributed by atoms with Crippen molar-refractivity contribution in [2.45, 2.75) is 38.1 Å². The van der Waals surface area contributed by atoms with Crippen LogP contribution in [0, 0.1) is 11.8 Å². The molecule has 3 atom stereocenters. The molecule has 9 heteroatoms. The third-order valence-electron chi connectivity index (χ3n) is 4.76. The van der Waals surface area contributed by atoms with Crippen LogP contribution in [0.1, 0.15) is 38.8 Å². The summed E-state index contributed by atoms with van der Waals surface area (Å²) in [7, 11) is -5.80. The Kier molecular flexibility index (Phi) is 5.95. The van der Waals surface area contributed by atoms with Crippen molar-refractivity contribution in [2.75, 3.05) is 20.1 Å². The SMILES string of the molecule is C[C@@H]1C[C@@H](C)CN(S(=O)(=O)N(C)[C@H](C)c2ccc(S(N)(=O)=O)cc2)C1. The molecule has 0 radical (unpaired) electrons. The van der Waals surface area contributed by atoms with E-state index in [0.29, 0.717) is 30.5 Å². The highest BCUT2D eigenvalue weighted by Gasteiger charge is 2.35. The van der Waals surface area contributed by atoms with Crippen LogP contribution in [0.2, 0.25) is 0 Å². The molecule has 1 aliphatic rings. The highest BCUT2D eigenvalue weighted by Crippen LogP contribution is 2.28. The molecule has 1 aliphatic heterocycles. The molecule has 2 N–H and O–H groups in total. The number of piperidine rings is 1. The number of sulfonamides is 1. The lowest BCUT2D eigenvalue weighted by Gasteiger charge is -2.37. The quantitative estimate of drug-likeness (QED) is 0.825. The summed E-state index contributed by atoms with van der Waals surface area (Å²) < 4.78 is 51.5. The zero-order chi connectivity index (χ0) is 19.0. The Morgan fingerprint density at radius 3 is 2.00 bits per heavy atom. The topological polar surface area (TPSA) is 101 Å². The zero-order valence-electron chi connectivity index (χ0n) is 15.1. The van der Waals surface area contributed by atoms with Gasteiger partial charge in [-0.1, -0.05) is 26.0 Å². The number of benzene rings is 1. The number of hydrogen-bond acceptors (Lipinski definition) is 4. The fourth-order valence-corrected chi connectivity index (χ4v) is 5.61. The van der Waals surface area contributed by atoms with E-state index in [2.05, 4.69) is 13.8 Å². The first-order chi connectivity index (χ1) is 11.4. The van der Waals surface area contributed by atoms with Gasteiger partial charge in [-0.05, 0) is 42.9 Å². The molecular formula is C16H27N3O4S2. The van der Waals surface area contributed by atoms with Gasteiger partial charge in [0.25, 0.3) is 10.2 Å². The van der Waals surface area contributed by atoms with Crippen molar-refractivity contribution < 1.29 is 16.8 Å². The van der Waals surface area contributed by atoms with Crippen LogP contribution in [0.3, 0.4) is 0 Å². The molecule has 25 heavy (non-hydrogen) atoms. The van der Waals surface area contributed by atoms with E-state index in [0.717, 1.165) is 6.42 Å². The minimum absolute atomic E-state index is 0.00707. The van der Waals surface area contributed by atoms with Crippen LogP contribution in [-0.2, 0) is 20.2 Å². The van der Waals surface area contributed by atoms with Gasteiger partial charge in [0.15, 0.2) is 0 Å². The third-order valence-corrected chi connectivity index (χ3v) is 7.69. The maximum Gasteiger partial charge on any atom is 0.282 e. The van der Waals surface area contributed by atoms with E-state index in [1.54, 1.807) is 30.4 Å². The third kappa shape index (κ3) is 4.59. The van der Waals surface area contributed by atoms with Crippen molar-refractivity contribution >= 4 is 20.2 Å². The van der Waals surface area contributed by atoms with Crippen LogP contribution >= 0.6 is 0 Å². The Hall–Kier alpha value is -1.00. The van der Waals surface area contributed by atoms with E-state index in [-0.39, 0.29) is 4.90 Å². The molecular weight excluding hydrogens is 362 g/mol. The summed E-state index contributed by atoms with van der Waals surface area (Å²) in [5.74, 6) is 0.660. The highest BCUT2D eigenvalue weighted by molar-refractivity contribution is 7.89. The van der Waals surface area contributed by atoms with Crippen LogP contribution in [0.5, 0.6) is 0 Å². The Balaban J connectivity index is 2.22. The zero-order valence-corrected chi connectivity index (χ0v) is 16.7. The van der Waals surface area contributed by atoms with Gasteiger partial charge >= 0.3 is 0 Å². The Labute approximate surface area is 151 Å². The van der Waals surface area contributed by atoms with Crippen molar-refractivity contribution in [3.05, 3.63) is 29.8 Å². The Morgan fingerprint density at radius 1 is 1.08 bits per heavy atom. The van der Waals surface area contributed by atoms with Gasteiger partial charge in [-0.3, -0.25) is 0 Å². The molecule has 1 fully saturated rings. The largest absolute Gasteiger partial charge is 0.282 e. The first-order valence-corrected chi connectivity index (χ1v) is 11.2. The Morgan fingerprint density at radius 2 is 1.56 bits per heavy atom. The second-order valence-electron chi connectivity index (χ2n) is 7.08. The van der Waals surface area contributed by atoms with Gasteiger partial charge in [-0.15, -0.1) is 0 Å².